The second-order valence-electron chi connectivity index (χ2n) is 12.2. The van der Waals surface area contributed by atoms with Crippen molar-refractivity contribution in [3.63, 3.8) is 0 Å². The maximum absolute atomic E-state index is 13.2. The van der Waals surface area contributed by atoms with Gasteiger partial charge in [0, 0.05) is 11.0 Å². The lowest BCUT2D eigenvalue weighted by Gasteiger charge is -2.53. The fraction of sp³-hybridized carbons (Fsp3) is 0.846. The van der Waals surface area contributed by atoms with Crippen LogP contribution in [0.4, 0.5) is 0 Å². The zero-order valence-corrected chi connectivity index (χ0v) is 20.7. The second kappa shape index (κ2) is 6.86. The average Bonchev–Trinajstić information content (AvgIpc) is 3.72. The number of epoxide rings is 3. The Balaban J connectivity index is 1.25. The number of unbranched alkanes of at least 4 members (excludes halogenated alkanes) is 1. The molecule has 0 unspecified atom stereocenters. The van der Waals surface area contributed by atoms with Gasteiger partial charge in [-0.15, -0.1) is 0 Å². The fourth-order valence-electron chi connectivity index (χ4n) is 8.67. The van der Waals surface area contributed by atoms with E-state index in [2.05, 4.69) is 20.8 Å². The topological polar surface area (TPSA) is 142 Å². The standard InChI is InChI=1S/C26H36N2O7/c1-12(2)24-18(34-24)19-26(35-19)23(3)8-7-13-14(11-31-20(13)29)15(23)10-17-25(26,33-17)22(24)32-21(30)16(28)6-4-5-9-27/h12,15-19,22H,4-11,27-28H2,1-3H3/t15-,16-,17-,18-,19-,22+,23-,24-,25+,26+/m0/s1. The van der Waals surface area contributed by atoms with Gasteiger partial charge in [0.25, 0.3) is 0 Å². The van der Waals surface area contributed by atoms with Crippen LogP contribution in [0.3, 0.4) is 0 Å². The van der Waals surface area contributed by atoms with E-state index >= 15 is 0 Å². The van der Waals surface area contributed by atoms with Crippen LogP contribution in [0.1, 0.15) is 59.3 Å². The molecule has 2 saturated carbocycles. The van der Waals surface area contributed by atoms with Crippen molar-refractivity contribution >= 4 is 11.9 Å². The van der Waals surface area contributed by atoms with Crippen molar-refractivity contribution in [1.29, 1.82) is 0 Å². The molecule has 7 aliphatic rings. The van der Waals surface area contributed by atoms with Gasteiger partial charge in [-0.05, 0) is 56.1 Å². The van der Waals surface area contributed by atoms with Gasteiger partial charge in [-0.25, -0.2) is 4.79 Å². The third-order valence-corrected chi connectivity index (χ3v) is 10.6. The fourth-order valence-corrected chi connectivity index (χ4v) is 8.67. The van der Waals surface area contributed by atoms with Gasteiger partial charge in [-0.3, -0.25) is 4.79 Å². The van der Waals surface area contributed by atoms with Crippen molar-refractivity contribution < 1.29 is 33.3 Å². The molecule has 7 rings (SSSR count). The van der Waals surface area contributed by atoms with Crippen LogP contribution in [0.2, 0.25) is 0 Å². The van der Waals surface area contributed by atoms with Gasteiger partial charge < -0.3 is 35.2 Å². The zero-order chi connectivity index (χ0) is 24.5. The Morgan fingerprint density at radius 3 is 2.74 bits per heavy atom. The number of rotatable bonds is 7. The first-order valence-corrected chi connectivity index (χ1v) is 13.3. The van der Waals surface area contributed by atoms with E-state index in [1.165, 1.54) is 0 Å². The van der Waals surface area contributed by atoms with Crippen molar-refractivity contribution in [2.45, 2.75) is 107 Å². The molecule has 0 aromatic rings. The van der Waals surface area contributed by atoms with E-state index in [-0.39, 0.29) is 41.5 Å². The summed E-state index contributed by atoms with van der Waals surface area (Å²) in [5.74, 6) is -0.324. The average molecular weight is 489 g/mol. The van der Waals surface area contributed by atoms with E-state index in [1.807, 2.05) is 0 Å². The molecule has 9 nitrogen and oxygen atoms in total. The minimum absolute atomic E-state index is 0.101. The van der Waals surface area contributed by atoms with Gasteiger partial charge in [0.1, 0.15) is 36.1 Å². The molecule has 35 heavy (non-hydrogen) atoms. The van der Waals surface area contributed by atoms with E-state index in [0.717, 1.165) is 36.8 Å². The molecule has 2 spiro atoms. The number of ether oxygens (including phenoxy) is 5. The molecule has 192 valence electrons. The summed E-state index contributed by atoms with van der Waals surface area (Å²) in [6.45, 7) is 7.42. The molecule has 10 atom stereocenters. The van der Waals surface area contributed by atoms with Crippen LogP contribution < -0.4 is 11.5 Å². The first kappa shape index (κ1) is 22.7. The first-order chi connectivity index (χ1) is 16.7. The van der Waals surface area contributed by atoms with Crippen LogP contribution in [0.5, 0.6) is 0 Å². The first-order valence-electron chi connectivity index (χ1n) is 13.3. The SMILES string of the molecule is CC(C)[C@]12O[C@H]1[C@@H]1O[C@]13[C@]1(O[C@H]1C[C@H]1C4=C(CC[C@@]13C)C(=O)OC4)[C@@H]2OC(=O)[C@@H](N)CCCCN. The molecule has 5 fully saturated rings. The molecule has 4 aliphatic heterocycles. The minimum Gasteiger partial charge on any atom is -0.458 e. The summed E-state index contributed by atoms with van der Waals surface area (Å²) in [6, 6.07) is -0.707. The van der Waals surface area contributed by atoms with Crippen LogP contribution >= 0.6 is 0 Å². The number of esters is 2. The third-order valence-electron chi connectivity index (χ3n) is 10.6. The summed E-state index contributed by atoms with van der Waals surface area (Å²) < 4.78 is 31.5. The molecule has 0 aromatic carbocycles. The van der Waals surface area contributed by atoms with Crippen LogP contribution in [0, 0.1) is 17.3 Å². The van der Waals surface area contributed by atoms with E-state index in [1.54, 1.807) is 0 Å². The predicted molar refractivity (Wildman–Crippen MR) is 122 cm³/mol. The smallest absolute Gasteiger partial charge is 0.334 e. The van der Waals surface area contributed by atoms with E-state index in [9.17, 15) is 9.59 Å². The second-order valence-corrected chi connectivity index (χ2v) is 12.2. The Kier molecular flexibility index (Phi) is 4.44. The van der Waals surface area contributed by atoms with Crippen molar-refractivity contribution in [2.75, 3.05) is 13.2 Å². The minimum atomic E-state index is -0.742. The normalized spacial score (nSPS) is 50.7. The summed E-state index contributed by atoms with van der Waals surface area (Å²) in [7, 11) is 0. The van der Waals surface area contributed by atoms with Crippen molar-refractivity contribution in [2.24, 2.45) is 28.7 Å². The van der Waals surface area contributed by atoms with E-state index in [0.29, 0.717) is 26.0 Å². The number of nitrogens with two attached hydrogens (primary N) is 2. The van der Waals surface area contributed by atoms with Crippen LogP contribution in [-0.4, -0.2) is 72.4 Å². The van der Waals surface area contributed by atoms with Crippen LogP contribution in [0.15, 0.2) is 11.1 Å². The highest BCUT2D eigenvalue weighted by Gasteiger charge is 3.01. The largest absolute Gasteiger partial charge is 0.458 e. The summed E-state index contributed by atoms with van der Waals surface area (Å²) in [4.78, 5) is 25.6. The van der Waals surface area contributed by atoms with Crippen LogP contribution in [0.25, 0.3) is 0 Å². The van der Waals surface area contributed by atoms with Gasteiger partial charge in [-0.2, -0.15) is 0 Å². The number of hydrogen-bond donors (Lipinski definition) is 2. The molecule has 4 heterocycles. The number of cyclic esters (lactones) is 1. The molecule has 3 saturated heterocycles. The third kappa shape index (κ3) is 2.43. The van der Waals surface area contributed by atoms with Crippen LogP contribution in [-0.2, 0) is 33.3 Å². The molecule has 9 heteroatoms. The van der Waals surface area contributed by atoms with Gasteiger partial charge >= 0.3 is 11.9 Å². The summed E-state index contributed by atoms with van der Waals surface area (Å²) >= 11 is 0. The Bertz CT molecular complexity index is 1040. The lowest BCUT2D eigenvalue weighted by atomic mass is 9.46. The lowest BCUT2D eigenvalue weighted by Crippen LogP contribution is -2.70. The van der Waals surface area contributed by atoms with Gasteiger partial charge in [0.05, 0.1) is 6.10 Å². The highest BCUT2D eigenvalue weighted by molar-refractivity contribution is 5.92. The molecular formula is C26H36N2O7. The maximum Gasteiger partial charge on any atom is 0.334 e. The molecule has 0 radical (unpaired) electrons. The summed E-state index contributed by atoms with van der Waals surface area (Å²) in [6.07, 6.45) is 3.44. The van der Waals surface area contributed by atoms with Gasteiger partial charge in [0.15, 0.2) is 11.7 Å². The number of fused-ring (bicyclic) bond motifs is 4. The van der Waals surface area contributed by atoms with Crippen molar-refractivity contribution in [3.05, 3.63) is 11.1 Å². The molecule has 4 N–H and O–H groups in total. The van der Waals surface area contributed by atoms with E-state index < -0.39 is 34.9 Å². The maximum atomic E-state index is 13.2. The summed E-state index contributed by atoms with van der Waals surface area (Å²) in [5, 5.41) is 0. The number of carbonyl (C=O) groups excluding carboxylic acids is 2. The molecule has 3 aliphatic carbocycles. The molecular weight excluding hydrogens is 452 g/mol. The molecule has 0 aromatic heterocycles. The Labute approximate surface area is 205 Å². The van der Waals surface area contributed by atoms with Crippen molar-refractivity contribution in [3.8, 4) is 0 Å². The van der Waals surface area contributed by atoms with Crippen molar-refractivity contribution in [1.82, 2.24) is 0 Å². The monoisotopic (exact) mass is 488 g/mol. The van der Waals surface area contributed by atoms with E-state index in [4.69, 9.17) is 35.2 Å². The highest BCUT2D eigenvalue weighted by Crippen LogP contribution is 2.83. The van der Waals surface area contributed by atoms with Gasteiger partial charge in [-0.1, -0.05) is 27.2 Å². The molecule has 0 amide bonds. The molecule has 0 bridgehead atoms. The number of carbonyl (C=O) groups is 2. The summed E-state index contributed by atoms with van der Waals surface area (Å²) in [5.41, 5.74) is 11.6. The lowest BCUT2D eigenvalue weighted by molar-refractivity contribution is -0.171. The highest BCUT2D eigenvalue weighted by atomic mass is 16.8. The zero-order valence-electron chi connectivity index (χ0n) is 20.7. The van der Waals surface area contributed by atoms with Gasteiger partial charge in [0.2, 0.25) is 0 Å². The Hall–Kier alpha value is -1.52. The predicted octanol–water partition coefficient (Wildman–Crippen LogP) is 1.11. The number of hydrogen-bond acceptors (Lipinski definition) is 9. The quantitative estimate of drug-likeness (QED) is 0.306. The Morgan fingerprint density at radius 1 is 1.20 bits per heavy atom. The Morgan fingerprint density at radius 2 is 2.00 bits per heavy atom.